The summed E-state index contributed by atoms with van der Waals surface area (Å²) in [5.74, 6) is -0.936. The van der Waals surface area contributed by atoms with E-state index in [1.54, 1.807) is 12.1 Å². The van der Waals surface area contributed by atoms with Crippen LogP contribution in [0.25, 0.3) is 0 Å². The molecule has 0 fully saturated rings. The van der Waals surface area contributed by atoms with Crippen LogP contribution in [0.5, 0.6) is 5.75 Å². The summed E-state index contributed by atoms with van der Waals surface area (Å²) < 4.78 is 18.5. The second-order valence-electron chi connectivity index (χ2n) is 3.63. The van der Waals surface area contributed by atoms with E-state index in [0.717, 1.165) is 0 Å². The fraction of sp³-hybridized carbons (Fsp3) is 0.0769. The van der Waals surface area contributed by atoms with Gasteiger partial charge in [-0.1, -0.05) is 23.2 Å². The zero-order chi connectivity index (χ0) is 13.8. The molecule has 0 radical (unpaired) electrons. The molecule has 2 rings (SSSR count). The number of carbonyl (C=O) groups is 1. The number of hydrogen-bond donors (Lipinski definition) is 0. The van der Waals surface area contributed by atoms with Gasteiger partial charge in [-0.25, -0.2) is 4.98 Å². The second-order valence-corrected chi connectivity index (χ2v) is 4.44. The van der Waals surface area contributed by atoms with Crippen molar-refractivity contribution in [1.29, 1.82) is 0 Å². The predicted octanol–water partition coefficient (Wildman–Crippen LogP) is 3.79. The molecule has 1 aromatic carbocycles. The van der Waals surface area contributed by atoms with Crippen LogP contribution in [0, 0.1) is 5.95 Å². The van der Waals surface area contributed by atoms with Gasteiger partial charge in [-0.3, -0.25) is 4.79 Å². The largest absolute Gasteiger partial charge is 0.485 e. The Labute approximate surface area is 118 Å². The molecule has 19 heavy (non-hydrogen) atoms. The van der Waals surface area contributed by atoms with Crippen molar-refractivity contribution in [2.75, 3.05) is 6.61 Å². The van der Waals surface area contributed by atoms with E-state index < -0.39 is 11.7 Å². The van der Waals surface area contributed by atoms with Crippen LogP contribution in [0.1, 0.15) is 10.4 Å². The van der Waals surface area contributed by atoms with Gasteiger partial charge in [0.05, 0.1) is 15.6 Å². The number of pyridine rings is 1. The normalized spacial score (nSPS) is 10.3. The van der Waals surface area contributed by atoms with E-state index in [1.807, 2.05) is 0 Å². The molecule has 0 saturated heterocycles. The Bertz CT molecular complexity index is 619. The Kier molecular flexibility index (Phi) is 4.35. The molecule has 0 unspecified atom stereocenters. The smallest absolute Gasteiger partial charge is 0.223 e. The zero-order valence-corrected chi connectivity index (χ0v) is 11.1. The number of ether oxygens (including phenoxy) is 1. The molecule has 0 spiro atoms. The molecule has 0 N–H and O–H groups in total. The van der Waals surface area contributed by atoms with E-state index in [2.05, 4.69) is 4.98 Å². The summed E-state index contributed by atoms with van der Waals surface area (Å²) in [5, 5.41) is 0.706. The van der Waals surface area contributed by atoms with Crippen LogP contribution >= 0.6 is 23.2 Å². The Morgan fingerprint density at radius 2 is 2.05 bits per heavy atom. The number of Topliss-reactive ketones (excluding diaryl/α,β-unsaturated/α-hetero) is 1. The highest BCUT2D eigenvalue weighted by molar-refractivity contribution is 6.42. The summed E-state index contributed by atoms with van der Waals surface area (Å²) in [7, 11) is 0. The predicted molar refractivity (Wildman–Crippen MR) is 70.5 cm³/mol. The summed E-state index contributed by atoms with van der Waals surface area (Å²) in [6.45, 7) is -0.305. The molecule has 0 aliphatic carbocycles. The SMILES string of the molecule is O=C(COc1ccc(Cl)c(Cl)c1)c1cccnc1F. The quantitative estimate of drug-likeness (QED) is 0.637. The average molecular weight is 300 g/mol. The van der Waals surface area contributed by atoms with Gasteiger partial charge in [-0.05, 0) is 24.3 Å². The van der Waals surface area contributed by atoms with Crippen molar-refractivity contribution in [2.24, 2.45) is 0 Å². The molecule has 98 valence electrons. The monoisotopic (exact) mass is 299 g/mol. The summed E-state index contributed by atoms with van der Waals surface area (Å²) in [6.07, 6.45) is 1.27. The van der Waals surface area contributed by atoms with Crippen LogP contribution in [-0.4, -0.2) is 17.4 Å². The van der Waals surface area contributed by atoms with E-state index in [1.165, 1.54) is 24.4 Å². The fourth-order valence-corrected chi connectivity index (χ4v) is 1.68. The van der Waals surface area contributed by atoms with Crippen molar-refractivity contribution in [1.82, 2.24) is 4.98 Å². The minimum Gasteiger partial charge on any atom is -0.485 e. The number of halogens is 3. The molecule has 2 aromatic rings. The molecule has 0 bridgehead atoms. The second kappa shape index (κ2) is 5.99. The molecule has 0 aliphatic rings. The number of ketones is 1. The van der Waals surface area contributed by atoms with Gasteiger partial charge in [0.25, 0.3) is 0 Å². The third-order valence-electron chi connectivity index (χ3n) is 2.32. The molecule has 1 aromatic heterocycles. The molecule has 0 amide bonds. The minimum atomic E-state index is -0.815. The van der Waals surface area contributed by atoms with E-state index in [-0.39, 0.29) is 12.2 Å². The number of nitrogens with zero attached hydrogens (tertiary/aromatic N) is 1. The fourth-order valence-electron chi connectivity index (χ4n) is 1.39. The third-order valence-corrected chi connectivity index (χ3v) is 3.06. The van der Waals surface area contributed by atoms with Crippen molar-refractivity contribution >= 4 is 29.0 Å². The van der Waals surface area contributed by atoms with E-state index in [4.69, 9.17) is 27.9 Å². The Hall–Kier alpha value is -1.65. The van der Waals surface area contributed by atoms with Gasteiger partial charge in [0.15, 0.2) is 6.61 Å². The van der Waals surface area contributed by atoms with Crippen LogP contribution in [0.3, 0.4) is 0 Å². The van der Waals surface area contributed by atoms with Gasteiger partial charge in [0.1, 0.15) is 5.75 Å². The molecule has 6 heteroatoms. The molecule has 0 aliphatic heterocycles. The lowest BCUT2D eigenvalue weighted by Crippen LogP contribution is -2.13. The lowest BCUT2D eigenvalue weighted by molar-refractivity contribution is 0.0916. The van der Waals surface area contributed by atoms with Gasteiger partial charge in [-0.15, -0.1) is 0 Å². The van der Waals surface area contributed by atoms with Crippen molar-refractivity contribution in [3.05, 3.63) is 58.1 Å². The van der Waals surface area contributed by atoms with Gasteiger partial charge >= 0.3 is 0 Å². The van der Waals surface area contributed by atoms with Crippen LogP contribution < -0.4 is 4.74 Å². The van der Waals surface area contributed by atoms with Crippen molar-refractivity contribution in [3.8, 4) is 5.75 Å². The highest BCUT2D eigenvalue weighted by Gasteiger charge is 2.13. The third kappa shape index (κ3) is 3.43. The molecular weight excluding hydrogens is 292 g/mol. The first kappa shape index (κ1) is 13.8. The number of carbonyl (C=O) groups excluding carboxylic acids is 1. The average Bonchev–Trinajstić information content (AvgIpc) is 2.40. The molecule has 0 saturated carbocycles. The maximum absolute atomic E-state index is 13.3. The van der Waals surface area contributed by atoms with Gasteiger partial charge < -0.3 is 4.74 Å². The van der Waals surface area contributed by atoms with Crippen molar-refractivity contribution in [2.45, 2.75) is 0 Å². The summed E-state index contributed by atoms with van der Waals surface area (Å²) >= 11 is 11.6. The highest BCUT2D eigenvalue weighted by Crippen LogP contribution is 2.26. The molecule has 1 heterocycles. The van der Waals surface area contributed by atoms with E-state index >= 15 is 0 Å². The standard InChI is InChI=1S/C13H8Cl2FNO2/c14-10-4-3-8(6-11(10)15)19-7-12(18)9-2-1-5-17-13(9)16/h1-6H,7H2. The first-order valence-corrected chi connectivity index (χ1v) is 6.05. The first-order chi connectivity index (χ1) is 9.08. The van der Waals surface area contributed by atoms with Crippen molar-refractivity contribution < 1.29 is 13.9 Å². The van der Waals surface area contributed by atoms with Gasteiger partial charge in [-0.2, -0.15) is 4.39 Å². The number of benzene rings is 1. The van der Waals surface area contributed by atoms with Gasteiger partial charge in [0.2, 0.25) is 11.7 Å². The van der Waals surface area contributed by atoms with E-state index in [9.17, 15) is 9.18 Å². The Balaban J connectivity index is 2.04. The van der Waals surface area contributed by atoms with Crippen LogP contribution in [0.2, 0.25) is 10.0 Å². The van der Waals surface area contributed by atoms with Gasteiger partial charge in [0, 0.05) is 12.3 Å². The molecule has 3 nitrogen and oxygen atoms in total. The minimum absolute atomic E-state index is 0.109. The van der Waals surface area contributed by atoms with Crippen LogP contribution in [0.4, 0.5) is 4.39 Å². The number of aromatic nitrogens is 1. The van der Waals surface area contributed by atoms with Crippen LogP contribution in [0.15, 0.2) is 36.5 Å². The Morgan fingerprint density at radius 3 is 2.74 bits per heavy atom. The topological polar surface area (TPSA) is 39.2 Å². The maximum Gasteiger partial charge on any atom is 0.223 e. The maximum atomic E-state index is 13.3. The molecule has 0 atom stereocenters. The summed E-state index contributed by atoms with van der Waals surface area (Å²) in [4.78, 5) is 15.1. The highest BCUT2D eigenvalue weighted by atomic mass is 35.5. The molecular formula is C13H8Cl2FNO2. The summed E-state index contributed by atoms with van der Waals surface area (Å²) in [5.41, 5.74) is -0.109. The lowest BCUT2D eigenvalue weighted by atomic mass is 10.2. The number of rotatable bonds is 4. The Morgan fingerprint density at radius 1 is 1.26 bits per heavy atom. The van der Waals surface area contributed by atoms with Crippen molar-refractivity contribution in [3.63, 3.8) is 0 Å². The lowest BCUT2D eigenvalue weighted by Gasteiger charge is -2.06. The summed E-state index contributed by atoms with van der Waals surface area (Å²) in [6, 6.07) is 7.44. The first-order valence-electron chi connectivity index (χ1n) is 5.29. The zero-order valence-electron chi connectivity index (χ0n) is 9.57. The van der Waals surface area contributed by atoms with Crippen LogP contribution in [-0.2, 0) is 0 Å². The van der Waals surface area contributed by atoms with E-state index in [0.29, 0.717) is 15.8 Å². The number of hydrogen-bond acceptors (Lipinski definition) is 3.